The number of nitrogens with zero attached hydrogens (tertiary/aromatic N) is 1. The lowest BCUT2D eigenvalue weighted by atomic mass is 10.0. The number of halogens is 1. The van der Waals surface area contributed by atoms with Crippen LogP contribution < -0.4 is 0 Å². The molecule has 2 heterocycles. The summed E-state index contributed by atoms with van der Waals surface area (Å²) < 4.78 is 12.9. The molecule has 0 N–H and O–H groups in total. The van der Waals surface area contributed by atoms with Crippen molar-refractivity contribution in [2.24, 2.45) is 0 Å². The molecule has 0 aliphatic carbocycles. The molecule has 1 amide bonds. The lowest BCUT2D eigenvalue weighted by Gasteiger charge is -2.38. The van der Waals surface area contributed by atoms with E-state index in [2.05, 4.69) is 11.2 Å². The topological polar surface area (TPSA) is 20.3 Å². The number of rotatable bonds is 3. The minimum atomic E-state index is -0.248. The number of thioether (sulfide) groups is 1. The fraction of sp³-hybridized carbons (Fsp3) is 0.562. The smallest absolute Gasteiger partial charge is 0.227 e. The van der Waals surface area contributed by atoms with Crippen molar-refractivity contribution < 1.29 is 9.18 Å². The minimum Gasteiger partial charge on any atom is -0.336 e. The molecule has 1 aromatic carbocycles. The molecule has 2 fully saturated rings. The van der Waals surface area contributed by atoms with E-state index in [0.717, 1.165) is 31.2 Å². The molecule has 2 nitrogen and oxygen atoms in total. The van der Waals surface area contributed by atoms with E-state index in [1.807, 2.05) is 11.8 Å². The van der Waals surface area contributed by atoms with Crippen molar-refractivity contribution in [3.05, 3.63) is 35.6 Å². The summed E-state index contributed by atoms with van der Waals surface area (Å²) in [5.74, 6) is -0.0364. The first-order valence-electron chi connectivity index (χ1n) is 7.26. The van der Waals surface area contributed by atoms with Gasteiger partial charge in [-0.25, -0.2) is 4.39 Å². The molecule has 4 heteroatoms. The highest BCUT2D eigenvalue weighted by atomic mass is 32.2. The SMILES string of the molecule is CSC1C[C@H]2CC[C@@H](C1)N2C(=O)Cc1ccc(F)cc1. The highest BCUT2D eigenvalue weighted by Gasteiger charge is 2.42. The van der Waals surface area contributed by atoms with E-state index in [4.69, 9.17) is 0 Å². The minimum absolute atomic E-state index is 0.212. The molecule has 1 aromatic rings. The van der Waals surface area contributed by atoms with E-state index >= 15 is 0 Å². The van der Waals surface area contributed by atoms with Crippen LogP contribution in [-0.2, 0) is 11.2 Å². The van der Waals surface area contributed by atoms with Gasteiger partial charge >= 0.3 is 0 Å². The summed E-state index contributed by atoms with van der Waals surface area (Å²) in [7, 11) is 0. The number of benzene rings is 1. The van der Waals surface area contributed by atoms with Crippen LogP contribution in [0.1, 0.15) is 31.2 Å². The average Bonchev–Trinajstić information content (AvgIpc) is 2.72. The van der Waals surface area contributed by atoms with Crippen molar-refractivity contribution in [2.75, 3.05) is 6.26 Å². The first kappa shape index (κ1) is 13.9. The largest absolute Gasteiger partial charge is 0.336 e. The van der Waals surface area contributed by atoms with Gasteiger partial charge in [0.05, 0.1) is 6.42 Å². The van der Waals surface area contributed by atoms with Crippen molar-refractivity contribution >= 4 is 17.7 Å². The quantitative estimate of drug-likeness (QED) is 0.852. The molecule has 2 aliphatic heterocycles. The molecule has 2 saturated heterocycles. The van der Waals surface area contributed by atoms with Gasteiger partial charge in [0.2, 0.25) is 5.91 Å². The monoisotopic (exact) mass is 293 g/mol. The molecule has 3 atom stereocenters. The first-order chi connectivity index (χ1) is 9.67. The molecular formula is C16H20FNOS. The van der Waals surface area contributed by atoms with Gasteiger partial charge in [-0.1, -0.05) is 12.1 Å². The summed E-state index contributed by atoms with van der Waals surface area (Å²) in [4.78, 5) is 14.7. The number of hydrogen-bond acceptors (Lipinski definition) is 2. The first-order valence-corrected chi connectivity index (χ1v) is 8.54. The van der Waals surface area contributed by atoms with E-state index in [-0.39, 0.29) is 11.7 Å². The zero-order valence-corrected chi connectivity index (χ0v) is 12.5. The summed E-state index contributed by atoms with van der Waals surface area (Å²) in [5, 5.41) is 0.711. The lowest BCUT2D eigenvalue weighted by molar-refractivity contribution is -0.134. The summed E-state index contributed by atoms with van der Waals surface area (Å²) in [6.45, 7) is 0. The van der Waals surface area contributed by atoms with Crippen LogP contribution in [0.25, 0.3) is 0 Å². The van der Waals surface area contributed by atoms with Crippen molar-refractivity contribution in [1.82, 2.24) is 4.90 Å². The van der Waals surface area contributed by atoms with Crippen LogP contribution in [0.15, 0.2) is 24.3 Å². The molecule has 0 saturated carbocycles. The fourth-order valence-corrected chi connectivity index (χ4v) is 4.42. The Morgan fingerprint density at radius 3 is 2.40 bits per heavy atom. The van der Waals surface area contributed by atoms with Gasteiger partial charge in [-0.3, -0.25) is 4.79 Å². The van der Waals surface area contributed by atoms with Gasteiger partial charge in [0.1, 0.15) is 5.82 Å². The van der Waals surface area contributed by atoms with Crippen LogP contribution in [0.4, 0.5) is 4.39 Å². The van der Waals surface area contributed by atoms with Crippen LogP contribution in [0.3, 0.4) is 0 Å². The molecule has 0 spiro atoms. The summed E-state index contributed by atoms with van der Waals surface area (Å²) in [5.41, 5.74) is 0.905. The highest BCUT2D eigenvalue weighted by Crippen LogP contribution is 2.39. The summed E-state index contributed by atoms with van der Waals surface area (Å²) >= 11 is 1.93. The number of carbonyl (C=O) groups is 1. The highest BCUT2D eigenvalue weighted by molar-refractivity contribution is 7.99. The molecule has 2 bridgehead atoms. The Balaban J connectivity index is 1.67. The third kappa shape index (κ3) is 2.71. The average molecular weight is 293 g/mol. The number of hydrogen-bond donors (Lipinski definition) is 0. The molecule has 0 radical (unpaired) electrons. The van der Waals surface area contributed by atoms with Crippen LogP contribution in [0.5, 0.6) is 0 Å². The van der Waals surface area contributed by atoms with Crippen LogP contribution >= 0.6 is 11.8 Å². The van der Waals surface area contributed by atoms with Crippen LogP contribution in [0, 0.1) is 5.82 Å². The van der Waals surface area contributed by atoms with E-state index in [1.54, 1.807) is 12.1 Å². The van der Waals surface area contributed by atoms with Crippen molar-refractivity contribution in [3.8, 4) is 0 Å². The zero-order valence-electron chi connectivity index (χ0n) is 11.7. The predicted octanol–water partition coefficient (Wildman–Crippen LogP) is 3.25. The second-order valence-corrected chi connectivity index (χ2v) is 6.96. The Hall–Kier alpha value is -1.03. The molecule has 3 rings (SSSR count). The van der Waals surface area contributed by atoms with Crippen molar-refractivity contribution in [1.29, 1.82) is 0 Å². The van der Waals surface area contributed by atoms with Gasteiger partial charge in [0.15, 0.2) is 0 Å². The maximum absolute atomic E-state index is 12.9. The van der Waals surface area contributed by atoms with Gasteiger partial charge in [0.25, 0.3) is 0 Å². The standard InChI is InChI=1S/C16H20FNOS/c1-20-15-9-13-6-7-14(10-15)18(13)16(19)8-11-2-4-12(17)5-3-11/h2-5,13-15H,6-10H2,1H3/t13-,14+,15?. The second-order valence-electron chi connectivity index (χ2n) is 5.82. The van der Waals surface area contributed by atoms with Crippen LogP contribution in [-0.4, -0.2) is 34.4 Å². The third-order valence-electron chi connectivity index (χ3n) is 4.58. The number of fused-ring (bicyclic) bond motifs is 2. The maximum atomic E-state index is 12.9. The van der Waals surface area contributed by atoms with Gasteiger partial charge in [-0.15, -0.1) is 0 Å². The maximum Gasteiger partial charge on any atom is 0.227 e. The van der Waals surface area contributed by atoms with E-state index < -0.39 is 0 Å². The van der Waals surface area contributed by atoms with Crippen molar-refractivity contribution in [2.45, 2.75) is 49.4 Å². The lowest BCUT2D eigenvalue weighted by Crippen LogP contribution is -2.47. The number of carbonyl (C=O) groups excluding carboxylic acids is 1. The van der Waals surface area contributed by atoms with Crippen molar-refractivity contribution in [3.63, 3.8) is 0 Å². The number of amides is 1. The third-order valence-corrected chi connectivity index (χ3v) is 5.63. The second kappa shape index (κ2) is 5.76. The summed E-state index contributed by atoms with van der Waals surface area (Å²) in [6.07, 6.45) is 7.13. The van der Waals surface area contributed by atoms with E-state index in [1.165, 1.54) is 12.1 Å². The van der Waals surface area contributed by atoms with E-state index in [0.29, 0.717) is 23.8 Å². The molecule has 20 heavy (non-hydrogen) atoms. The molecule has 108 valence electrons. The van der Waals surface area contributed by atoms with Gasteiger partial charge in [-0.05, 0) is 49.6 Å². The zero-order chi connectivity index (χ0) is 14.1. The Morgan fingerprint density at radius 1 is 1.25 bits per heavy atom. The summed E-state index contributed by atoms with van der Waals surface area (Å²) in [6, 6.07) is 7.14. The fourth-order valence-electron chi connectivity index (χ4n) is 3.59. The van der Waals surface area contributed by atoms with E-state index in [9.17, 15) is 9.18 Å². The molecule has 0 aromatic heterocycles. The van der Waals surface area contributed by atoms with Crippen LogP contribution in [0.2, 0.25) is 0 Å². The Morgan fingerprint density at radius 2 is 1.85 bits per heavy atom. The molecular weight excluding hydrogens is 273 g/mol. The number of piperidine rings is 1. The predicted molar refractivity (Wildman–Crippen MR) is 80.3 cm³/mol. The van der Waals surface area contributed by atoms with Gasteiger partial charge in [0, 0.05) is 17.3 Å². The Labute approximate surface area is 123 Å². The normalized spacial score (nSPS) is 28.7. The van der Waals surface area contributed by atoms with Gasteiger partial charge in [-0.2, -0.15) is 11.8 Å². The molecule has 2 aliphatic rings. The Bertz CT molecular complexity index is 476. The Kier molecular flexibility index (Phi) is 4.01. The van der Waals surface area contributed by atoms with Gasteiger partial charge < -0.3 is 4.90 Å². The molecule has 1 unspecified atom stereocenters.